The van der Waals surface area contributed by atoms with E-state index in [1.54, 1.807) is 12.5 Å². The van der Waals surface area contributed by atoms with Crippen LogP contribution in [0.15, 0.2) is 22.9 Å². The number of nitrogens with zero attached hydrogens (tertiary/aromatic N) is 2. The molecule has 0 aliphatic carbocycles. The fraction of sp³-hybridized carbons (Fsp3) is 0.222. The van der Waals surface area contributed by atoms with Gasteiger partial charge < -0.3 is 10.3 Å². The molecule has 4 nitrogen and oxygen atoms in total. The molecule has 2 rings (SSSR count). The van der Waals surface area contributed by atoms with Gasteiger partial charge in [0.05, 0.1) is 17.5 Å². The van der Waals surface area contributed by atoms with E-state index in [9.17, 15) is 0 Å². The fourth-order valence-corrected chi connectivity index (χ4v) is 1.33. The molecule has 0 atom stereocenters. The highest BCUT2D eigenvalue weighted by Gasteiger charge is 2.10. The van der Waals surface area contributed by atoms with E-state index in [1.165, 1.54) is 4.68 Å². The summed E-state index contributed by atoms with van der Waals surface area (Å²) in [6.07, 6.45) is 3.41. The first-order valence-corrected chi connectivity index (χ1v) is 4.04. The monoisotopic (exact) mass is 177 g/mol. The minimum absolute atomic E-state index is 0.740. The van der Waals surface area contributed by atoms with Crippen LogP contribution in [0.5, 0.6) is 0 Å². The van der Waals surface area contributed by atoms with Crippen LogP contribution >= 0.6 is 0 Å². The molecule has 2 heterocycles. The highest BCUT2D eigenvalue weighted by molar-refractivity contribution is 5.58. The maximum Gasteiger partial charge on any atom is 0.161 e. The van der Waals surface area contributed by atoms with Crippen molar-refractivity contribution in [2.24, 2.45) is 0 Å². The fourth-order valence-electron chi connectivity index (χ4n) is 1.33. The van der Waals surface area contributed by atoms with Crippen LogP contribution in [0.4, 0.5) is 0 Å². The zero-order valence-corrected chi connectivity index (χ0v) is 7.61. The smallest absolute Gasteiger partial charge is 0.161 e. The molecule has 2 N–H and O–H groups in total. The Balaban J connectivity index is 2.58. The standard InChI is InChI=1S/C9H11N3O/c1-6-5-12(10)9(11-6)8-3-4-13-7(8)2/h3-5H,10H2,1-2H3. The van der Waals surface area contributed by atoms with Crippen molar-refractivity contribution >= 4 is 0 Å². The summed E-state index contributed by atoms with van der Waals surface area (Å²) in [7, 11) is 0. The van der Waals surface area contributed by atoms with Crippen LogP contribution in [0.2, 0.25) is 0 Å². The molecule has 68 valence electrons. The summed E-state index contributed by atoms with van der Waals surface area (Å²) < 4.78 is 6.68. The average molecular weight is 177 g/mol. The van der Waals surface area contributed by atoms with Crippen LogP contribution in [0.25, 0.3) is 11.4 Å². The summed E-state index contributed by atoms with van der Waals surface area (Å²) in [4.78, 5) is 4.29. The molecule has 0 radical (unpaired) electrons. The molecule has 0 aliphatic heterocycles. The third-order valence-corrected chi connectivity index (χ3v) is 1.95. The number of hydrogen-bond donors (Lipinski definition) is 1. The Morgan fingerprint density at radius 2 is 2.23 bits per heavy atom. The molecule has 0 amide bonds. The number of imidazole rings is 1. The van der Waals surface area contributed by atoms with E-state index >= 15 is 0 Å². The van der Waals surface area contributed by atoms with E-state index in [4.69, 9.17) is 10.3 Å². The van der Waals surface area contributed by atoms with Crippen LogP contribution in [-0.2, 0) is 0 Å². The molecular weight excluding hydrogens is 166 g/mol. The number of rotatable bonds is 1. The number of hydrogen-bond acceptors (Lipinski definition) is 3. The van der Waals surface area contributed by atoms with Crippen LogP contribution < -0.4 is 5.84 Å². The van der Waals surface area contributed by atoms with E-state index in [0.717, 1.165) is 22.8 Å². The molecule has 0 aliphatic rings. The highest BCUT2D eigenvalue weighted by atomic mass is 16.3. The van der Waals surface area contributed by atoms with Gasteiger partial charge in [-0.05, 0) is 19.9 Å². The summed E-state index contributed by atoms with van der Waals surface area (Å²) in [6, 6.07) is 1.86. The van der Waals surface area contributed by atoms with Crippen LogP contribution in [-0.4, -0.2) is 9.66 Å². The SMILES string of the molecule is Cc1cn(N)c(-c2ccoc2C)n1. The Morgan fingerprint density at radius 1 is 1.46 bits per heavy atom. The minimum Gasteiger partial charge on any atom is -0.469 e. The molecular formula is C9H11N3O. The lowest BCUT2D eigenvalue weighted by Crippen LogP contribution is -2.08. The van der Waals surface area contributed by atoms with Crippen molar-refractivity contribution in [1.82, 2.24) is 9.66 Å². The van der Waals surface area contributed by atoms with Gasteiger partial charge in [-0.2, -0.15) is 0 Å². The first-order chi connectivity index (χ1) is 6.18. The summed E-state index contributed by atoms with van der Waals surface area (Å²) in [6.45, 7) is 3.79. The molecule has 0 unspecified atom stereocenters. The molecule has 0 saturated carbocycles. The van der Waals surface area contributed by atoms with Gasteiger partial charge in [0, 0.05) is 6.20 Å². The van der Waals surface area contributed by atoms with E-state index in [1.807, 2.05) is 19.9 Å². The lowest BCUT2D eigenvalue weighted by molar-refractivity contribution is 0.535. The van der Waals surface area contributed by atoms with E-state index < -0.39 is 0 Å². The molecule has 4 heteroatoms. The minimum atomic E-state index is 0.740. The summed E-state index contributed by atoms with van der Waals surface area (Å²) >= 11 is 0. The number of aromatic nitrogens is 2. The van der Waals surface area contributed by atoms with Gasteiger partial charge in [-0.25, -0.2) is 9.66 Å². The van der Waals surface area contributed by atoms with Crippen molar-refractivity contribution < 1.29 is 4.42 Å². The molecule has 0 aromatic carbocycles. The summed E-state index contributed by atoms with van der Waals surface area (Å²) in [5, 5.41) is 0. The predicted molar refractivity (Wildman–Crippen MR) is 49.6 cm³/mol. The van der Waals surface area contributed by atoms with Gasteiger partial charge in [0.2, 0.25) is 0 Å². The van der Waals surface area contributed by atoms with Gasteiger partial charge in [0.25, 0.3) is 0 Å². The van der Waals surface area contributed by atoms with Crippen LogP contribution in [0.1, 0.15) is 11.5 Å². The third-order valence-electron chi connectivity index (χ3n) is 1.95. The van der Waals surface area contributed by atoms with Crippen molar-refractivity contribution in [2.45, 2.75) is 13.8 Å². The Kier molecular flexibility index (Phi) is 1.62. The second-order valence-electron chi connectivity index (χ2n) is 3.00. The molecule has 0 saturated heterocycles. The van der Waals surface area contributed by atoms with E-state index in [2.05, 4.69) is 4.98 Å². The molecule has 0 spiro atoms. The summed E-state index contributed by atoms with van der Waals surface area (Å²) in [5.74, 6) is 7.28. The van der Waals surface area contributed by atoms with Crippen molar-refractivity contribution in [2.75, 3.05) is 5.84 Å². The number of nitrogen functional groups attached to an aromatic ring is 1. The topological polar surface area (TPSA) is 57.0 Å². The van der Waals surface area contributed by atoms with Gasteiger partial charge in [-0.3, -0.25) is 0 Å². The molecule has 2 aromatic heterocycles. The second kappa shape index (κ2) is 2.65. The maximum atomic E-state index is 5.71. The van der Waals surface area contributed by atoms with E-state index in [0.29, 0.717) is 0 Å². The van der Waals surface area contributed by atoms with Crippen molar-refractivity contribution in [3.8, 4) is 11.4 Å². The lowest BCUT2D eigenvalue weighted by atomic mass is 10.2. The normalized spacial score (nSPS) is 10.6. The quantitative estimate of drug-likeness (QED) is 0.671. The Labute approximate surface area is 76.0 Å². The zero-order valence-electron chi connectivity index (χ0n) is 7.61. The first kappa shape index (κ1) is 7.91. The molecule has 13 heavy (non-hydrogen) atoms. The largest absolute Gasteiger partial charge is 0.469 e. The van der Waals surface area contributed by atoms with Crippen molar-refractivity contribution in [1.29, 1.82) is 0 Å². The molecule has 2 aromatic rings. The molecule has 0 fully saturated rings. The van der Waals surface area contributed by atoms with Gasteiger partial charge >= 0.3 is 0 Å². The van der Waals surface area contributed by atoms with Gasteiger partial charge in [-0.15, -0.1) is 0 Å². The number of nitrogens with two attached hydrogens (primary N) is 1. The number of aryl methyl sites for hydroxylation is 2. The zero-order chi connectivity index (χ0) is 9.42. The second-order valence-corrected chi connectivity index (χ2v) is 3.00. The van der Waals surface area contributed by atoms with E-state index in [-0.39, 0.29) is 0 Å². The van der Waals surface area contributed by atoms with Gasteiger partial charge in [0.1, 0.15) is 5.76 Å². The average Bonchev–Trinajstić information content (AvgIpc) is 2.58. The van der Waals surface area contributed by atoms with Crippen LogP contribution in [0, 0.1) is 13.8 Å². The van der Waals surface area contributed by atoms with Gasteiger partial charge in [0.15, 0.2) is 5.82 Å². The Morgan fingerprint density at radius 3 is 2.69 bits per heavy atom. The predicted octanol–water partition coefficient (Wildman–Crippen LogP) is 1.47. The molecule has 0 bridgehead atoms. The Hall–Kier alpha value is -1.71. The van der Waals surface area contributed by atoms with Crippen molar-refractivity contribution in [3.63, 3.8) is 0 Å². The van der Waals surface area contributed by atoms with Crippen LogP contribution in [0.3, 0.4) is 0 Å². The maximum absolute atomic E-state index is 5.71. The highest BCUT2D eigenvalue weighted by Crippen LogP contribution is 2.21. The summed E-state index contributed by atoms with van der Waals surface area (Å²) in [5.41, 5.74) is 1.84. The Bertz CT molecular complexity index is 428. The number of furan rings is 1. The van der Waals surface area contributed by atoms with Crippen molar-refractivity contribution in [3.05, 3.63) is 30.0 Å². The third kappa shape index (κ3) is 1.20. The van der Waals surface area contributed by atoms with Gasteiger partial charge in [-0.1, -0.05) is 0 Å². The lowest BCUT2D eigenvalue weighted by Gasteiger charge is -1.97. The first-order valence-electron chi connectivity index (χ1n) is 4.04.